The molecule has 24 heavy (non-hydrogen) atoms. The minimum absolute atomic E-state index is 0.410. The van der Waals surface area contributed by atoms with Gasteiger partial charge in [0.05, 0.1) is 5.69 Å². The lowest BCUT2D eigenvalue weighted by molar-refractivity contribution is 0.320. The number of rotatable bonds is 6. The maximum Gasteiger partial charge on any atom is 0.185 e. The average molecular weight is 348 g/mol. The van der Waals surface area contributed by atoms with Crippen molar-refractivity contribution in [2.24, 2.45) is 0 Å². The fourth-order valence-electron chi connectivity index (χ4n) is 3.45. The molecule has 0 atom stereocenters. The molecule has 0 radical (unpaired) electrons. The van der Waals surface area contributed by atoms with Gasteiger partial charge in [-0.15, -0.1) is 11.3 Å². The van der Waals surface area contributed by atoms with Crippen LogP contribution in [-0.4, -0.2) is 39.8 Å². The Hall–Kier alpha value is -1.40. The van der Waals surface area contributed by atoms with Crippen LogP contribution in [0, 0.1) is 13.8 Å². The minimum atomic E-state index is 0.410. The van der Waals surface area contributed by atoms with Crippen LogP contribution in [0.4, 0.5) is 5.13 Å². The number of nitrogens with zero attached hydrogens (tertiary/aromatic N) is 5. The molecular weight excluding hydrogens is 318 g/mol. The summed E-state index contributed by atoms with van der Waals surface area (Å²) in [5.74, 6) is 0. The maximum absolute atomic E-state index is 4.70. The number of aryl methyl sites for hydroxylation is 1. The third-order valence-electron chi connectivity index (χ3n) is 4.74. The molecule has 0 aromatic carbocycles. The fourth-order valence-corrected chi connectivity index (χ4v) is 4.49. The first kappa shape index (κ1) is 17.4. The molecule has 1 aliphatic rings. The quantitative estimate of drug-likeness (QED) is 0.797. The van der Waals surface area contributed by atoms with Crippen molar-refractivity contribution in [2.75, 3.05) is 25.0 Å². The summed E-state index contributed by atoms with van der Waals surface area (Å²) in [6, 6.07) is 0.410. The summed E-state index contributed by atoms with van der Waals surface area (Å²) in [7, 11) is 2.18. The van der Waals surface area contributed by atoms with E-state index in [-0.39, 0.29) is 0 Å². The second-order valence-corrected chi connectivity index (χ2v) is 8.26. The maximum atomic E-state index is 4.70. The van der Waals surface area contributed by atoms with Crippen LogP contribution >= 0.6 is 11.3 Å². The van der Waals surface area contributed by atoms with Crippen molar-refractivity contribution in [3.05, 3.63) is 28.0 Å². The zero-order valence-electron chi connectivity index (χ0n) is 15.5. The van der Waals surface area contributed by atoms with E-state index in [9.17, 15) is 0 Å². The van der Waals surface area contributed by atoms with E-state index in [0.717, 1.165) is 31.9 Å². The monoisotopic (exact) mass is 347 g/mol. The fraction of sp³-hybridized carbons (Fsp3) is 0.667. The Morgan fingerprint density at radius 3 is 2.54 bits per heavy atom. The minimum Gasteiger partial charge on any atom is -0.348 e. The Labute approximate surface area is 149 Å². The van der Waals surface area contributed by atoms with Crippen molar-refractivity contribution in [2.45, 2.75) is 59.7 Å². The summed E-state index contributed by atoms with van der Waals surface area (Å²) < 4.78 is 2.14. The lowest BCUT2D eigenvalue weighted by Crippen LogP contribution is -2.18. The van der Waals surface area contributed by atoms with E-state index >= 15 is 0 Å². The van der Waals surface area contributed by atoms with Crippen LogP contribution in [0.3, 0.4) is 0 Å². The van der Waals surface area contributed by atoms with E-state index in [1.54, 1.807) is 0 Å². The van der Waals surface area contributed by atoms with Gasteiger partial charge in [0.25, 0.3) is 0 Å². The normalized spacial score (nSPS) is 15.2. The van der Waals surface area contributed by atoms with Crippen LogP contribution in [0.15, 0.2) is 6.20 Å². The average Bonchev–Trinajstić information content (AvgIpc) is 3.23. The Kier molecular flexibility index (Phi) is 5.25. The molecule has 2 aromatic rings. The molecule has 0 N–H and O–H groups in total. The number of thiazole rings is 1. The van der Waals surface area contributed by atoms with E-state index < -0.39 is 0 Å². The summed E-state index contributed by atoms with van der Waals surface area (Å²) in [6.07, 6.45) is 4.65. The predicted molar refractivity (Wildman–Crippen MR) is 101 cm³/mol. The molecule has 5 nitrogen and oxygen atoms in total. The van der Waals surface area contributed by atoms with E-state index in [2.05, 4.69) is 54.2 Å². The largest absolute Gasteiger partial charge is 0.348 e. The summed E-state index contributed by atoms with van der Waals surface area (Å²) in [4.78, 5) is 10.7. The van der Waals surface area contributed by atoms with E-state index in [1.807, 2.05) is 17.5 Å². The van der Waals surface area contributed by atoms with Crippen molar-refractivity contribution in [3.63, 3.8) is 0 Å². The second kappa shape index (κ2) is 7.23. The van der Waals surface area contributed by atoms with Crippen molar-refractivity contribution in [1.82, 2.24) is 19.7 Å². The van der Waals surface area contributed by atoms with Gasteiger partial charge in [-0.2, -0.15) is 5.10 Å². The van der Waals surface area contributed by atoms with Gasteiger partial charge in [-0.3, -0.25) is 9.58 Å². The Morgan fingerprint density at radius 1 is 1.21 bits per heavy atom. The standard InChI is InChI=1S/C18H29N5S/c1-13(2)23-15(4)17(14(3)20-23)12-21(5)11-16-10-19-18(24-16)22-8-6-7-9-22/h10,13H,6-9,11-12H2,1-5H3. The van der Waals surface area contributed by atoms with Crippen LogP contribution in [-0.2, 0) is 13.1 Å². The van der Waals surface area contributed by atoms with Crippen LogP contribution in [0.2, 0.25) is 0 Å². The molecule has 0 spiro atoms. The number of aromatic nitrogens is 3. The summed E-state index contributed by atoms with van der Waals surface area (Å²) >= 11 is 1.84. The van der Waals surface area contributed by atoms with Gasteiger partial charge in [0.2, 0.25) is 0 Å². The molecule has 0 bridgehead atoms. The number of anilines is 1. The van der Waals surface area contributed by atoms with Crippen molar-refractivity contribution in [3.8, 4) is 0 Å². The molecular formula is C18H29N5S. The van der Waals surface area contributed by atoms with Crippen LogP contribution < -0.4 is 4.90 Å². The molecule has 1 saturated heterocycles. The highest BCUT2D eigenvalue weighted by Crippen LogP contribution is 2.27. The first-order chi connectivity index (χ1) is 11.5. The number of hydrogen-bond acceptors (Lipinski definition) is 5. The van der Waals surface area contributed by atoms with Gasteiger partial charge in [-0.05, 0) is 47.6 Å². The summed E-state index contributed by atoms with van der Waals surface area (Å²) in [5, 5.41) is 5.89. The van der Waals surface area contributed by atoms with Crippen molar-refractivity contribution in [1.29, 1.82) is 0 Å². The van der Waals surface area contributed by atoms with Crippen LogP contribution in [0.1, 0.15) is 54.6 Å². The zero-order valence-corrected chi connectivity index (χ0v) is 16.4. The molecule has 0 aliphatic carbocycles. The SMILES string of the molecule is Cc1nn(C(C)C)c(C)c1CN(C)Cc1cnc(N2CCCC2)s1. The first-order valence-electron chi connectivity index (χ1n) is 8.88. The lowest BCUT2D eigenvalue weighted by atomic mass is 10.2. The molecule has 0 saturated carbocycles. The Balaban J connectivity index is 1.64. The molecule has 6 heteroatoms. The highest BCUT2D eigenvalue weighted by Gasteiger charge is 2.18. The third kappa shape index (κ3) is 3.64. The molecule has 1 fully saturated rings. The summed E-state index contributed by atoms with van der Waals surface area (Å²) in [5.41, 5.74) is 3.79. The molecule has 1 aliphatic heterocycles. The topological polar surface area (TPSA) is 37.2 Å². The Bertz CT molecular complexity index is 682. The van der Waals surface area contributed by atoms with Gasteiger partial charge in [-0.1, -0.05) is 0 Å². The predicted octanol–water partition coefficient (Wildman–Crippen LogP) is 3.77. The highest BCUT2D eigenvalue weighted by molar-refractivity contribution is 7.15. The Morgan fingerprint density at radius 2 is 1.92 bits per heavy atom. The van der Waals surface area contributed by atoms with Gasteiger partial charge in [0, 0.05) is 54.6 Å². The second-order valence-electron chi connectivity index (χ2n) is 7.16. The summed E-state index contributed by atoms with van der Waals surface area (Å²) in [6.45, 7) is 12.9. The van der Waals surface area contributed by atoms with Gasteiger partial charge in [0.1, 0.15) is 0 Å². The molecule has 2 aromatic heterocycles. The third-order valence-corrected chi connectivity index (χ3v) is 5.78. The van der Waals surface area contributed by atoms with Gasteiger partial charge >= 0.3 is 0 Å². The molecule has 132 valence electrons. The smallest absolute Gasteiger partial charge is 0.185 e. The first-order valence-corrected chi connectivity index (χ1v) is 9.70. The number of hydrogen-bond donors (Lipinski definition) is 0. The lowest BCUT2D eigenvalue weighted by Gasteiger charge is -2.16. The zero-order chi connectivity index (χ0) is 17.3. The molecule has 3 heterocycles. The molecule has 3 rings (SSSR count). The van der Waals surface area contributed by atoms with Gasteiger partial charge in [-0.25, -0.2) is 4.98 Å². The highest BCUT2D eigenvalue weighted by atomic mass is 32.1. The van der Waals surface area contributed by atoms with E-state index in [1.165, 1.54) is 34.1 Å². The molecule has 0 unspecified atom stereocenters. The van der Waals surface area contributed by atoms with E-state index in [4.69, 9.17) is 5.10 Å². The molecule has 0 amide bonds. The van der Waals surface area contributed by atoms with Gasteiger partial charge < -0.3 is 4.90 Å². The van der Waals surface area contributed by atoms with Crippen molar-refractivity contribution < 1.29 is 0 Å². The van der Waals surface area contributed by atoms with Crippen LogP contribution in [0.25, 0.3) is 0 Å². The van der Waals surface area contributed by atoms with Crippen molar-refractivity contribution >= 4 is 16.5 Å². The van der Waals surface area contributed by atoms with E-state index in [0.29, 0.717) is 6.04 Å². The van der Waals surface area contributed by atoms with Gasteiger partial charge in [0.15, 0.2) is 5.13 Å². The van der Waals surface area contributed by atoms with Crippen LogP contribution in [0.5, 0.6) is 0 Å².